The van der Waals surface area contributed by atoms with Crippen molar-refractivity contribution in [3.8, 4) is 0 Å². The van der Waals surface area contributed by atoms with Gasteiger partial charge in [0.1, 0.15) is 0 Å². The van der Waals surface area contributed by atoms with Gasteiger partial charge in [-0.15, -0.1) is 0 Å². The van der Waals surface area contributed by atoms with Crippen molar-refractivity contribution in [2.24, 2.45) is 0 Å². The van der Waals surface area contributed by atoms with Crippen molar-refractivity contribution in [3.63, 3.8) is 0 Å². The maximum Gasteiger partial charge on any atom is 1.00 e. The predicted molar refractivity (Wildman–Crippen MR) is 6.49 cm³/mol. The Morgan fingerprint density at radius 2 is 0.667 bits per heavy atom. The van der Waals surface area contributed by atoms with Crippen LogP contribution < -0.4 is 29.6 Å². The average molecular weight is 276 g/mol. The summed E-state index contributed by atoms with van der Waals surface area (Å²) in [6, 6.07) is 0. The van der Waals surface area contributed by atoms with Crippen LogP contribution in [0.15, 0.2) is 0 Å². The Labute approximate surface area is 71.5 Å². The summed E-state index contributed by atoms with van der Waals surface area (Å²) in [6.45, 7) is 0. The summed E-state index contributed by atoms with van der Waals surface area (Å²) in [6.07, 6.45) is 0. The number of hydrogen-bond donors (Lipinski definition) is 0. The van der Waals surface area contributed by atoms with Gasteiger partial charge < -0.3 is 21.9 Å². The molecule has 0 aromatic carbocycles. The van der Waals surface area contributed by atoms with E-state index >= 15 is 0 Å². The van der Waals surface area contributed by atoms with Crippen LogP contribution in [0, 0.1) is 0 Å². The molecule has 6 heavy (non-hydrogen) atoms. The van der Waals surface area contributed by atoms with Crippen LogP contribution in [0.2, 0.25) is 0 Å². The molecular weight excluding hydrogens is 273 g/mol. The van der Waals surface area contributed by atoms with Crippen LogP contribution in [0.3, 0.4) is 0 Å². The van der Waals surface area contributed by atoms with Crippen molar-refractivity contribution < 1.29 is 71.9 Å². The molecule has 0 aromatic heterocycles. The zero-order valence-corrected chi connectivity index (χ0v) is 7.84. The zero-order chi connectivity index (χ0) is 0. The fourth-order valence-corrected chi connectivity index (χ4v) is 0. The standard InChI is InChI=1S/Na.3H2O.O.Re/h;3*1H2;;/q+1;;;;-2;/p-3. The molecule has 0 atom stereocenters. The van der Waals surface area contributed by atoms with Gasteiger partial charge in [0.05, 0.1) is 0 Å². The van der Waals surface area contributed by atoms with Gasteiger partial charge in [0.2, 0.25) is 0 Å². The van der Waals surface area contributed by atoms with Crippen molar-refractivity contribution in [2.75, 3.05) is 0 Å². The van der Waals surface area contributed by atoms with E-state index in [1.807, 2.05) is 0 Å². The molecule has 0 saturated carbocycles. The molecule has 0 fully saturated rings. The molecular formula is H3NaO4Re-4. The number of hydrogen-bond acceptors (Lipinski definition) is 3. The Kier molecular flexibility index (Phi) is 2040. The van der Waals surface area contributed by atoms with Gasteiger partial charge in [-0.3, -0.25) is 0 Å². The molecule has 0 aliphatic heterocycles. The SMILES string of the molecule is [Na+].[O-2].[OH-].[OH-].[OH-].[Re]. The van der Waals surface area contributed by atoms with Gasteiger partial charge >= 0.3 is 29.6 Å². The van der Waals surface area contributed by atoms with Gasteiger partial charge in [-0.25, -0.2) is 0 Å². The maximum absolute atomic E-state index is 0. The molecule has 0 aliphatic carbocycles. The fraction of sp³-hybridized carbons (Fsp3) is 0. The van der Waals surface area contributed by atoms with E-state index in [4.69, 9.17) is 0 Å². The molecule has 0 heterocycles. The minimum atomic E-state index is 0. The fourth-order valence-electron chi connectivity index (χ4n) is 0. The zero-order valence-electron chi connectivity index (χ0n) is 3.13. The van der Waals surface area contributed by atoms with E-state index in [-0.39, 0.29) is 71.9 Å². The van der Waals surface area contributed by atoms with E-state index in [2.05, 4.69) is 0 Å². The van der Waals surface area contributed by atoms with Crippen molar-refractivity contribution in [1.82, 2.24) is 0 Å². The molecule has 4 nitrogen and oxygen atoms in total. The Balaban J connectivity index is 0. The molecule has 0 saturated heterocycles. The third-order valence-electron chi connectivity index (χ3n) is 0. The van der Waals surface area contributed by atoms with Crippen LogP contribution >= 0.6 is 0 Å². The third kappa shape index (κ3) is 49.4. The summed E-state index contributed by atoms with van der Waals surface area (Å²) >= 11 is 0. The Bertz CT molecular complexity index is 7.51. The Morgan fingerprint density at radius 3 is 0.667 bits per heavy atom. The molecule has 3 N–H and O–H groups in total. The first-order valence-corrected chi connectivity index (χ1v) is 0. The molecule has 0 rings (SSSR count). The first-order valence-electron chi connectivity index (χ1n) is 0. The molecule has 6 heteroatoms. The van der Waals surface area contributed by atoms with Crippen molar-refractivity contribution in [3.05, 3.63) is 0 Å². The van der Waals surface area contributed by atoms with E-state index in [0.717, 1.165) is 0 Å². The van der Waals surface area contributed by atoms with E-state index in [1.165, 1.54) is 0 Å². The quantitative estimate of drug-likeness (QED) is 0.424. The first-order chi connectivity index (χ1) is 0. The van der Waals surface area contributed by atoms with Crippen LogP contribution in [-0.4, -0.2) is 16.4 Å². The summed E-state index contributed by atoms with van der Waals surface area (Å²) in [4.78, 5) is 0. The van der Waals surface area contributed by atoms with E-state index < -0.39 is 0 Å². The normalized spacial score (nSPS) is 0. The minimum Gasteiger partial charge on any atom is -2.00 e. The predicted octanol–water partition coefficient (Wildman–Crippen LogP) is -3.65. The topological polar surface area (TPSA) is 118 Å². The second kappa shape index (κ2) is 87.2. The second-order valence-corrected chi connectivity index (χ2v) is 0. The van der Waals surface area contributed by atoms with Gasteiger partial charge in [0.25, 0.3) is 0 Å². The molecule has 0 unspecified atom stereocenters. The first kappa shape index (κ1) is 141. The molecule has 0 aromatic rings. The summed E-state index contributed by atoms with van der Waals surface area (Å²) < 4.78 is 0. The summed E-state index contributed by atoms with van der Waals surface area (Å²) in [5, 5.41) is 0. The van der Waals surface area contributed by atoms with Crippen LogP contribution in [0.25, 0.3) is 0 Å². The van der Waals surface area contributed by atoms with Gasteiger partial charge in [0.15, 0.2) is 0 Å². The number of rotatable bonds is 0. The molecule has 0 bridgehead atoms. The maximum atomic E-state index is 0. The minimum absolute atomic E-state index is 0. The molecule has 0 spiro atoms. The third-order valence-corrected chi connectivity index (χ3v) is 0. The van der Waals surface area contributed by atoms with E-state index in [1.54, 1.807) is 0 Å². The Hall–Kier alpha value is 1.50. The van der Waals surface area contributed by atoms with Crippen molar-refractivity contribution >= 4 is 0 Å². The van der Waals surface area contributed by atoms with Crippen LogP contribution in [0.4, 0.5) is 0 Å². The molecule has 0 amide bonds. The van der Waals surface area contributed by atoms with E-state index in [0.29, 0.717) is 0 Å². The van der Waals surface area contributed by atoms with Crippen LogP contribution in [0.5, 0.6) is 0 Å². The van der Waals surface area contributed by atoms with Gasteiger partial charge in [0, 0.05) is 20.4 Å². The van der Waals surface area contributed by atoms with Crippen LogP contribution in [0.1, 0.15) is 0 Å². The van der Waals surface area contributed by atoms with E-state index in [9.17, 15) is 0 Å². The summed E-state index contributed by atoms with van der Waals surface area (Å²) in [5.41, 5.74) is 0. The monoisotopic (exact) mass is 277 g/mol. The van der Waals surface area contributed by atoms with Crippen LogP contribution in [-0.2, 0) is 25.9 Å². The second-order valence-electron chi connectivity index (χ2n) is 0. The molecule has 0 aliphatic rings. The molecule has 1 radical (unpaired) electrons. The summed E-state index contributed by atoms with van der Waals surface area (Å²) in [5.74, 6) is 0. The van der Waals surface area contributed by atoms with Gasteiger partial charge in [-0.05, 0) is 0 Å². The van der Waals surface area contributed by atoms with Gasteiger partial charge in [-0.2, -0.15) is 0 Å². The van der Waals surface area contributed by atoms with Crippen molar-refractivity contribution in [1.29, 1.82) is 0 Å². The average Bonchev–Trinajstić information content (AvgIpc) is 0. The largest absolute Gasteiger partial charge is 2.00 e. The van der Waals surface area contributed by atoms with Gasteiger partial charge in [-0.1, -0.05) is 0 Å². The van der Waals surface area contributed by atoms with Crippen molar-refractivity contribution in [2.45, 2.75) is 0 Å². The smallest absolute Gasteiger partial charge is 1.00 e. The molecule has 39 valence electrons. The summed E-state index contributed by atoms with van der Waals surface area (Å²) in [7, 11) is 0. The Morgan fingerprint density at radius 1 is 0.667 bits per heavy atom.